The van der Waals surface area contributed by atoms with E-state index in [9.17, 15) is 0 Å². The molecule has 0 bridgehead atoms. The Morgan fingerprint density at radius 2 is 1.77 bits per heavy atom. The molecule has 13 heavy (non-hydrogen) atoms. The van der Waals surface area contributed by atoms with Gasteiger partial charge in [0.1, 0.15) is 6.54 Å². The maximum atomic E-state index is 5.96. The van der Waals surface area contributed by atoms with Crippen LogP contribution in [0.4, 0.5) is 0 Å². The van der Waals surface area contributed by atoms with Gasteiger partial charge in [-0.1, -0.05) is 29.3 Å². The quantitative estimate of drug-likeness (QED) is 0.704. The Hall–Kier alpha value is 0.0500. The van der Waals surface area contributed by atoms with E-state index in [1.54, 1.807) is 0 Å². The smallest absolute Gasteiger partial charge is 0.104 e. The summed E-state index contributed by atoms with van der Waals surface area (Å²) in [6.07, 6.45) is 0. The van der Waals surface area contributed by atoms with Crippen molar-refractivity contribution < 1.29 is 17.7 Å². The van der Waals surface area contributed by atoms with Crippen molar-refractivity contribution in [3.63, 3.8) is 0 Å². The maximum Gasteiger partial charge on any atom is 0.104 e. The molecule has 0 aromatic heterocycles. The Labute approximate surface area is 94.8 Å². The van der Waals surface area contributed by atoms with Crippen molar-refractivity contribution in [3.05, 3.63) is 33.8 Å². The van der Waals surface area contributed by atoms with Crippen molar-refractivity contribution in [2.45, 2.75) is 13.5 Å². The molecule has 0 aliphatic heterocycles. The van der Waals surface area contributed by atoms with Crippen LogP contribution in [0.25, 0.3) is 0 Å². The third-order valence-corrected chi connectivity index (χ3v) is 2.41. The molecule has 0 saturated carbocycles. The molecule has 1 nitrogen and oxygen atoms in total. The highest BCUT2D eigenvalue weighted by Crippen LogP contribution is 2.22. The van der Waals surface area contributed by atoms with Crippen LogP contribution in [0.5, 0.6) is 0 Å². The Balaban J connectivity index is 0.00000144. The number of hydrogen-bond donors (Lipinski definition) is 1. The van der Waals surface area contributed by atoms with E-state index in [4.69, 9.17) is 23.2 Å². The first kappa shape index (κ1) is 13.1. The van der Waals surface area contributed by atoms with Crippen LogP contribution in [0.1, 0.15) is 12.5 Å². The molecule has 0 heterocycles. The van der Waals surface area contributed by atoms with Gasteiger partial charge in [0.15, 0.2) is 0 Å². The second-order valence-corrected chi connectivity index (χ2v) is 3.42. The molecule has 0 atom stereocenters. The molecule has 1 aromatic carbocycles. The summed E-state index contributed by atoms with van der Waals surface area (Å²) in [5, 5.41) is 3.67. The van der Waals surface area contributed by atoms with Crippen molar-refractivity contribution in [2.24, 2.45) is 0 Å². The summed E-state index contributed by atoms with van der Waals surface area (Å²) < 4.78 is 0. The fourth-order valence-electron chi connectivity index (χ4n) is 1.02. The number of hydrogen-bond acceptors (Lipinski definition) is 0. The molecule has 0 aliphatic rings. The molecule has 0 spiro atoms. The number of rotatable bonds is 3. The van der Waals surface area contributed by atoms with Crippen molar-refractivity contribution in [2.75, 3.05) is 6.54 Å². The van der Waals surface area contributed by atoms with Crippen LogP contribution in [0.3, 0.4) is 0 Å². The molecule has 0 amide bonds. The zero-order valence-electron chi connectivity index (χ0n) is 7.36. The molecule has 0 saturated heterocycles. The van der Waals surface area contributed by atoms with Gasteiger partial charge >= 0.3 is 0 Å². The number of benzene rings is 1. The summed E-state index contributed by atoms with van der Waals surface area (Å²) in [6.45, 7) is 4.00. The number of quaternary nitrogens is 1. The van der Waals surface area contributed by atoms with E-state index in [-0.39, 0.29) is 12.4 Å². The summed E-state index contributed by atoms with van der Waals surface area (Å²) in [4.78, 5) is 0. The average molecular weight is 241 g/mol. The van der Waals surface area contributed by atoms with Crippen LogP contribution in [0.2, 0.25) is 10.0 Å². The highest BCUT2D eigenvalue weighted by molar-refractivity contribution is 6.35. The summed E-state index contributed by atoms with van der Waals surface area (Å²) in [6, 6.07) is 5.60. The SMILES string of the molecule is CC[NH2+]Cc1c(Cl)cccc1Cl.[Cl-]. The minimum atomic E-state index is 0. The molecular weight excluding hydrogens is 228 g/mol. The topological polar surface area (TPSA) is 16.6 Å². The van der Waals surface area contributed by atoms with Crippen LogP contribution >= 0.6 is 23.2 Å². The molecule has 0 fully saturated rings. The molecule has 0 unspecified atom stereocenters. The largest absolute Gasteiger partial charge is 1.00 e. The van der Waals surface area contributed by atoms with Gasteiger partial charge in [-0.2, -0.15) is 0 Å². The van der Waals surface area contributed by atoms with Gasteiger partial charge < -0.3 is 17.7 Å². The van der Waals surface area contributed by atoms with Crippen molar-refractivity contribution in [3.8, 4) is 0 Å². The Morgan fingerprint density at radius 1 is 1.23 bits per heavy atom. The van der Waals surface area contributed by atoms with E-state index < -0.39 is 0 Å². The minimum absolute atomic E-state index is 0. The fraction of sp³-hybridized carbons (Fsp3) is 0.333. The van der Waals surface area contributed by atoms with Crippen LogP contribution in [-0.4, -0.2) is 6.54 Å². The lowest BCUT2D eigenvalue weighted by Crippen LogP contribution is -3.00. The molecule has 1 aromatic rings. The fourth-order valence-corrected chi connectivity index (χ4v) is 1.57. The third kappa shape index (κ3) is 3.74. The molecule has 0 aliphatic carbocycles. The van der Waals surface area contributed by atoms with Gasteiger partial charge in [0.2, 0.25) is 0 Å². The molecule has 74 valence electrons. The van der Waals surface area contributed by atoms with Gasteiger partial charge in [0.05, 0.1) is 16.6 Å². The van der Waals surface area contributed by atoms with E-state index in [0.717, 1.165) is 28.7 Å². The lowest BCUT2D eigenvalue weighted by molar-refractivity contribution is -0.667. The van der Waals surface area contributed by atoms with Crippen LogP contribution in [0.15, 0.2) is 18.2 Å². The molecule has 1 rings (SSSR count). The Morgan fingerprint density at radius 3 is 2.23 bits per heavy atom. The van der Waals surface area contributed by atoms with E-state index in [1.165, 1.54) is 0 Å². The summed E-state index contributed by atoms with van der Waals surface area (Å²) in [5.74, 6) is 0. The van der Waals surface area contributed by atoms with Gasteiger partial charge in [0, 0.05) is 5.56 Å². The summed E-state index contributed by atoms with van der Waals surface area (Å²) >= 11 is 11.9. The monoisotopic (exact) mass is 239 g/mol. The van der Waals surface area contributed by atoms with Gasteiger partial charge in [-0.05, 0) is 19.1 Å². The zero-order chi connectivity index (χ0) is 8.97. The summed E-state index contributed by atoms with van der Waals surface area (Å²) in [7, 11) is 0. The first-order valence-corrected chi connectivity index (χ1v) is 4.76. The highest BCUT2D eigenvalue weighted by Gasteiger charge is 2.05. The van der Waals surface area contributed by atoms with Gasteiger partial charge in [0.25, 0.3) is 0 Å². The second-order valence-electron chi connectivity index (χ2n) is 2.60. The average Bonchev–Trinajstić information content (AvgIpc) is 2.04. The van der Waals surface area contributed by atoms with Crippen molar-refractivity contribution >= 4 is 23.2 Å². The summed E-state index contributed by atoms with van der Waals surface area (Å²) in [5.41, 5.74) is 1.03. The molecule has 2 N–H and O–H groups in total. The van der Waals surface area contributed by atoms with Gasteiger partial charge in [-0.15, -0.1) is 0 Å². The standard InChI is InChI=1S/C9H11Cl2N.ClH/c1-2-12-6-7-8(10)4-3-5-9(7)11;/h3-5,12H,2,6H2,1H3;1H. The van der Waals surface area contributed by atoms with Crippen molar-refractivity contribution in [1.29, 1.82) is 0 Å². The lowest BCUT2D eigenvalue weighted by atomic mass is 10.2. The Bertz CT molecular complexity index is 243. The first-order chi connectivity index (χ1) is 5.75. The van der Waals surface area contributed by atoms with Gasteiger partial charge in [-0.3, -0.25) is 0 Å². The predicted octanol–water partition coefficient (Wildman–Crippen LogP) is -0.919. The third-order valence-electron chi connectivity index (χ3n) is 1.70. The van der Waals surface area contributed by atoms with E-state index in [0.29, 0.717) is 0 Å². The second kappa shape index (κ2) is 6.50. The molecule has 4 heteroatoms. The number of nitrogens with two attached hydrogens (primary N) is 1. The van der Waals surface area contributed by atoms with Crippen LogP contribution < -0.4 is 17.7 Å². The number of halogens is 3. The highest BCUT2D eigenvalue weighted by atomic mass is 35.5. The van der Waals surface area contributed by atoms with E-state index in [2.05, 4.69) is 12.2 Å². The van der Waals surface area contributed by atoms with E-state index >= 15 is 0 Å². The zero-order valence-corrected chi connectivity index (χ0v) is 9.63. The normalized spacial score (nSPS) is 9.46. The first-order valence-electron chi connectivity index (χ1n) is 4.00. The van der Waals surface area contributed by atoms with Crippen molar-refractivity contribution in [1.82, 2.24) is 0 Å². The minimum Gasteiger partial charge on any atom is -1.00 e. The maximum absolute atomic E-state index is 5.96. The van der Waals surface area contributed by atoms with Crippen LogP contribution in [0, 0.1) is 0 Å². The molecular formula is C9H12Cl3N. The van der Waals surface area contributed by atoms with Gasteiger partial charge in [-0.25, -0.2) is 0 Å². The lowest BCUT2D eigenvalue weighted by Gasteiger charge is -2.03. The Kier molecular flexibility index (Phi) is 6.52. The van der Waals surface area contributed by atoms with Crippen LogP contribution in [-0.2, 0) is 6.54 Å². The predicted molar refractivity (Wildman–Crippen MR) is 52.6 cm³/mol. The molecule has 0 radical (unpaired) electrons. The van der Waals surface area contributed by atoms with E-state index in [1.807, 2.05) is 18.2 Å².